The second kappa shape index (κ2) is 8.92. The van der Waals surface area contributed by atoms with Gasteiger partial charge in [-0.3, -0.25) is 4.79 Å². The maximum Gasteiger partial charge on any atom is 0.340 e. The number of amides is 1. The lowest BCUT2D eigenvalue weighted by Crippen LogP contribution is -2.17. The third-order valence-electron chi connectivity index (χ3n) is 4.22. The van der Waals surface area contributed by atoms with Crippen molar-refractivity contribution in [1.29, 1.82) is 0 Å². The molecule has 2 aromatic carbocycles. The van der Waals surface area contributed by atoms with E-state index in [1.54, 1.807) is 17.1 Å². The molecule has 0 radical (unpaired) electrons. The van der Waals surface area contributed by atoms with Crippen molar-refractivity contribution in [1.82, 2.24) is 9.78 Å². The number of anilines is 1. The number of para-hydroxylation sites is 1. The number of nitrogens with one attached hydrogen (secondary N) is 1. The van der Waals surface area contributed by atoms with E-state index in [9.17, 15) is 9.59 Å². The van der Waals surface area contributed by atoms with Crippen LogP contribution < -0.4 is 14.8 Å². The Balaban J connectivity index is 1.80. The fraction of sp³-hybridized carbons (Fsp3) is 0.190. The summed E-state index contributed by atoms with van der Waals surface area (Å²) in [5, 5.41) is 7.02. The van der Waals surface area contributed by atoms with Crippen LogP contribution in [0.4, 0.5) is 5.69 Å². The van der Waals surface area contributed by atoms with E-state index in [0.717, 1.165) is 11.3 Å². The predicted octanol–water partition coefficient (Wildman–Crippen LogP) is 2.86. The zero-order chi connectivity index (χ0) is 20.8. The molecule has 0 unspecified atom stereocenters. The van der Waals surface area contributed by atoms with Crippen molar-refractivity contribution in [3.8, 4) is 17.2 Å². The van der Waals surface area contributed by atoms with Crippen molar-refractivity contribution in [2.75, 3.05) is 26.6 Å². The lowest BCUT2D eigenvalue weighted by Gasteiger charge is -2.14. The number of rotatable bonds is 7. The van der Waals surface area contributed by atoms with Crippen molar-refractivity contribution < 1.29 is 23.8 Å². The standard InChI is InChI=1S/C21H21N3O5/c1-27-18-10-16(21(26)29-3)17(11-19(18)28-2)23-20(25)9-14-12-22-24(13-14)15-7-5-4-6-8-15/h4-8,10-13H,9H2,1-3H3,(H,23,25). The van der Waals surface area contributed by atoms with Gasteiger partial charge in [0.25, 0.3) is 0 Å². The topological polar surface area (TPSA) is 91.7 Å². The Labute approximate surface area is 168 Å². The van der Waals surface area contributed by atoms with Gasteiger partial charge in [0.1, 0.15) is 0 Å². The van der Waals surface area contributed by atoms with Gasteiger partial charge in [-0.1, -0.05) is 18.2 Å². The zero-order valence-electron chi connectivity index (χ0n) is 16.3. The van der Waals surface area contributed by atoms with Crippen molar-refractivity contribution in [2.45, 2.75) is 6.42 Å². The van der Waals surface area contributed by atoms with E-state index in [-0.39, 0.29) is 23.6 Å². The van der Waals surface area contributed by atoms with Crippen LogP contribution in [0.15, 0.2) is 54.9 Å². The average Bonchev–Trinajstić information content (AvgIpc) is 3.21. The van der Waals surface area contributed by atoms with Crippen LogP contribution in [0.5, 0.6) is 11.5 Å². The Morgan fingerprint density at radius 1 is 1.03 bits per heavy atom. The van der Waals surface area contributed by atoms with Crippen LogP contribution in [0.25, 0.3) is 5.69 Å². The van der Waals surface area contributed by atoms with Crippen LogP contribution in [0, 0.1) is 0 Å². The van der Waals surface area contributed by atoms with Crippen LogP contribution >= 0.6 is 0 Å². The molecule has 0 bridgehead atoms. The highest BCUT2D eigenvalue weighted by molar-refractivity contribution is 6.02. The first-order valence-electron chi connectivity index (χ1n) is 8.79. The minimum absolute atomic E-state index is 0.0851. The molecule has 29 heavy (non-hydrogen) atoms. The molecule has 150 valence electrons. The van der Waals surface area contributed by atoms with Crippen LogP contribution in [0.2, 0.25) is 0 Å². The molecule has 0 fully saturated rings. The monoisotopic (exact) mass is 395 g/mol. The number of ether oxygens (including phenoxy) is 3. The smallest absolute Gasteiger partial charge is 0.340 e. The molecule has 0 aliphatic rings. The molecule has 1 heterocycles. The number of carbonyl (C=O) groups is 2. The molecule has 1 aromatic heterocycles. The summed E-state index contributed by atoms with van der Waals surface area (Å²) in [6.07, 6.45) is 3.49. The normalized spacial score (nSPS) is 10.3. The van der Waals surface area contributed by atoms with Gasteiger partial charge in [-0.05, 0) is 17.7 Å². The molecule has 8 nitrogen and oxygen atoms in total. The molecule has 0 saturated heterocycles. The molecule has 0 saturated carbocycles. The molecule has 0 atom stereocenters. The summed E-state index contributed by atoms with van der Waals surface area (Å²) in [6, 6.07) is 12.6. The second-order valence-electron chi connectivity index (χ2n) is 6.10. The summed E-state index contributed by atoms with van der Waals surface area (Å²) in [4.78, 5) is 24.7. The van der Waals surface area contributed by atoms with Gasteiger partial charge in [0.2, 0.25) is 5.91 Å². The summed E-state index contributed by atoms with van der Waals surface area (Å²) in [5.41, 5.74) is 2.06. The quantitative estimate of drug-likeness (QED) is 0.619. The van der Waals surface area contributed by atoms with E-state index >= 15 is 0 Å². The number of hydrogen-bond donors (Lipinski definition) is 1. The fourth-order valence-electron chi connectivity index (χ4n) is 2.81. The summed E-state index contributed by atoms with van der Waals surface area (Å²) in [6.45, 7) is 0. The van der Waals surface area contributed by atoms with Gasteiger partial charge in [-0.15, -0.1) is 0 Å². The number of nitrogens with zero attached hydrogens (tertiary/aromatic N) is 2. The lowest BCUT2D eigenvalue weighted by molar-refractivity contribution is -0.115. The summed E-state index contributed by atoms with van der Waals surface area (Å²) < 4.78 is 17.0. The van der Waals surface area contributed by atoms with Crippen LogP contribution in [-0.2, 0) is 16.0 Å². The Morgan fingerprint density at radius 3 is 2.38 bits per heavy atom. The highest BCUT2D eigenvalue weighted by Crippen LogP contribution is 2.33. The maximum absolute atomic E-state index is 12.6. The van der Waals surface area contributed by atoms with Gasteiger partial charge in [0, 0.05) is 18.3 Å². The SMILES string of the molecule is COC(=O)c1cc(OC)c(OC)cc1NC(=O)Cc1cnn(-c2ccccc2)c1. The van der Waals surface area contributed by atoms with Gasteiger partial charge in [0.05, 0.1) is 50.9 Å². The Morgan fingerprint density at radius 2 is 1.72 bits per heavy atom. The van der Waals surface area contributed by atoms with E-state index in [1.807, 2.05) is 30.3 Å². The van der Waals surface area contributed by atoms with Crippen molar-refractivity contribution in [3.05, 3.63) is 66.0 Å². The fourth-order valence-corrected chi connectivity index (χ4v) is 2.81. The van der Waals surface area contributed by atoms with E-state index < -0.39 is 5.97 Å². The minimum atomic E-state index is -0.599. The van der Waals surface area contributed by atoms with E-state index in [4.69, 9.17) is 14.2 Å². The number of hydrogen-bond acceptors (Lipinski definition) is 6. The minimum Gasteiger partial charge on any atom is -0.493 e. The Kier molecular flexibility index (Phi) is 6.13. The first-order valence-corrected chi connectivity index (χ1v) is 8.79. The maximum atomic E-state index is 12.6. The lowest BCUT2D eigenvalue weighted by atomic mass is 10.1. The number of benzene rings is 2. The van der Waals surface area contributed by atoms with Crippen LogP contribution in [0.1, 0.15) is 15.9 Å². The van der Waals surface area contributed by atoms with Crippen molar-refractivity contribution in [2.24, 2.45) is 0 Å². The molecule has 8 heteroatoms. The summed E-state index contributed by atoms with van der Waals surface area (Å²) >= 11 is 0. The third-order valence-corrected chi connectivity index (χ3v) is 4.22. The molecule has 0 spiro atoms. The molecule has 3 aromatic rings. The van der Waals surface area contributed by atoms with E-state index in [1.165, 1.54) is 33.5 Å². The number of carbonyl (C=O) groups excluding carboxylic acids is 2. The number of aromatic nitrogens is 2. The van der Waals surface area contributed by atoms with Crippen LogP contribution in [-0.4, -0.2) is 43.0 Å². The molecular weight excluding hydrogens is 374 g/mol. The number of methoxy groups -OCH3 is 3. The van der Waals surface area contributed by atoms with Gasteiger partial charge in [-0.2, -0.15) is 5.10 Å². The first-order chi connectivity index (χ1) is 14.0. The zero-order valence-corrected chi connectivity index (χ0v) is 16.3. The highest BCUT2D eigenvalue weighted by Gasteiger charge is 2.19. The Bertz CT molecular complexity index is 1010. The molecule has 1 amide bonds. The molecular formula is C21H21N3O5. The predicted molar refractivity (Wildman–Crippen MR) is 107 cm³/mol. The Hall–Kier alpha value is -3.81. The van der Waals surface area contributed by atoms with Crippen molar-refractivity contribution in [3.63, 3.8) is 0 Å². The van der Waals surface area contributed by atoms with Gasteiger partial charge in [-0.25, -0.2) is 9.48 Å². The molecule has 3 rings (SSSR count). The van der Waals surface area contributed by atoms with Gasteiger partial charge < -0.3 is 19.5 Å². The van der Waals surface area contributed by atoms with Crippen molar-refractivity contribution >= 4 is 17.6 Å². The number of esters is 1. The average molecular weight is 395 g/mol. The molecule has 1 N–H and O–H groups in total. The molecule has 0 aliphatic heterocycles. The first kappa shape index (κ1) is 19.9. The van der Waals surface area contributed by atoms with E-state index in [2.05, 4.69) is 10.4 Å². The van der Waals surface area contributed by atoms with Crippen LogP contribution in [0.3, 0.4) is 0 Å². The van der Waals surface area contributed by atoms with Gasteiger partial charge in [0.15, 0.2) is 11.5 Å². The summed E-state index contributed by atoms with van der Waals surface area (Å²) in [7, 11) is 4.20. The summed E-state index contributed by atoms with van der Waals surface area (Å²) in [5.74, 6) is -0.171. The van der Waals surface area contributed by atoms with E-state index in [0.29, 0.717) is 11.5 Å². The second-order valence-corrected chi connectivity index (χ2v) is 6.10. The third kappa shape index (κ3) is 4.55. The van der Waals surface area contributed by atoms with Gasteiger partial charge >= 0.3 is 5.97 Å². The highest BCUT2D eigenvalue weighted by atomic mass is 16.5. The molecule has 0 aliphatic carbocycles. The largest absolute Gasteiger partial charge is 0.493 e.